The Morgan fingerprint density at radius 2 is 1.86 bits per heavy atom. The summed E-state index contributed by atoms with van der Waals surface area (Å²) in [4.78, 5) is 19.4. The number of ether oxygens (including phenoxy) is 2. The average Bonchev–Trinajstić information content (AvgIpc) is 2.74. The number of aliphatic imine (C=N–C) groups is 1. The van der Waals surface area contributed by atoms with E-state index in [0.29, 0.717) is 18.5 Å². The van der Waals surface area contributed by atoms with Crippen molar-refractivity contribution >= 4 is 11.9 Å². The molecule has 0 aromatic heterocycles. The fourth-order valence-electron chi connectivity index (χ4n) is 4.05. The summed E-state index contributed by atoms with van der Waals surface area (Å²) in [5.41, 5.74) is -0.217. The molecule has 28 heavy (non-hydrogen) atoms. The quantitative estimate of drug-likeness (QED) is 0.486. The van der Waals surface area contributed by atoms with E-state index in [2.05, 4.69) is 31.4 Å². The zero-order valence-corrected chi connectivity index (χ0v) is 18.3. The fraction of sp³-hybridized carbons (Fsp3) is 0.905. The third-order valence-corrected chi connectivity index (χ3v) is 6.19. The Balaban J connectivity index is 1.88. The molecular weight excluding hydrogens is 356 g/mol. The number of amides is 1. The normalized spacial score (nSPS) is 21.0. The molecule has 2 aliphatic heterocycles. The molecule has 0 aromatic rings. The van der Waals surface area contributed by atoms with E-state index in [9.17, 15) is 4.79 Å². The third-order valence-electron chi connectivity index (χ3n) is 6.19. The SMILES string of the molecule is CCNC(=NCC1(OC)CCOCC1)NC1CCN(C(=O)C(CC)CC)CC1. The Kier molecular flexibility index (Phi) is 9.51. The molecule has 2 saturated heterocycles. The Labute approximate surface area is 170 Å². The first kappa shape index (κ1) is 22.9. The lowest BCUT2D eigenvalue weighted by atomic mass is 9.94. The van der Waals surface area contributed by atoms with Crippen LogP contribution >= 0.6 is 0 Å². The van der Waals surface area contributed by atoms with Crippen molar-refractivity contribution in [2.75, 3.05) is 46.5 Å². The largest absolute Gasteiger partial charge is 0.381 e. The number of nitrogens with one attached hydrogen (secondary N) is 2. The highest BCUT2D eigenvalue weighted by Gasteiger charge is 2.32. The van der Waals surface area contributed by atoms with Crippen LogP contribution in [0.3, 0.4) is 0 Å². The van der Waals surface area contributed by atoms with Crippen LogP contribution in [0.2, 0.25) is 0 Å². The zero-order chi connectivity index (χ0) is 20.4. The molecule has 0 saturated carbocycles. The standard InChI is InChI=1S/C21H40N4O3/c1-5-17(6-2)19(26)25-12-8-18(9-13-25)24-20(22-7-3)23-16-21(27-4)10-14-28-15-11-21/h17-18H,5-16H2,1-4H3,(H2,22,23,24). The van der Waals surface area contributed by atoms with Crippen molar-refractivity contribution in [3.63, 3.8) is 0 Å². The first-order chi connectivity index (χ1) is 13.6. The highest BCUT2D eigenvalue weighted by Crippen LogP contribution is 2.24. The zero-order valence-electron chi connectivity index (χ0n) is 18.3. The smallest absolute Gasteiger partial charge is 0.225 e. The van der Waals surface area contributed by atoms with Crippen molar-refractivity contribution in [1.82, 2.24) is 15.5 Å². The molecule has 7 heteroatoms. The number of piperidine rings is 1. The molecule has 1 amide bonds. The van der Waals surface area contributed by atoms with Crippen LogP contribution < -0.4 is 10.6 Å². The summed E-state index contributed by atoms with van der Waals surface area (Å²) < 4.78 is 11.3. The topological polar surface area (TPSA) is 75.2 Å². The van der Waals surface area contributed by atoms with Crippen LogP contribution in [-0.2, 0) is 14.3 Å². The van der Waals surface area contributed by atoms with Gasteiger partial charge in [0.15, 0.2) is 5.96 Å². The van der Waals surface area contributed by atoms with Gasteiger partial charge in [0.25, 0.3) is 0 Å². The molecule has 2 aliphatic rings. The number of nitrogens with zero attached hydrogens (tertiary/aromatic N) is 2. The maximum atomic E-state index is 12.6. The van der Waals surface area contributed by atoms with E-state index in [-0.39, 0.29) is 11.5 Å². The Hall–Kier alpha value is -1.34. The Morgan fingerprint density at radius 3 is 2.39 bits per heavy atom. The van der Waals surface area contributed by atoms with E-state index in [1.165, 1.54) is 0 Å². The molecule has 0 atom stereocenters. The second-order valence-electron chi connectivity index (χ2n) is 7.95. The van der Waals surface area contributed by atoms with Crippen LogP contribution in [0, 0.1) is 5.92 Å². The molecule has 2 N–H and O–H groups in total. The summed E-state index contributed by atoms with van der Waals surface area (Å²) in [5, 5.41) is 6.92. The van der Waals surface area contributed by atoms with Gasteiger partial charge in [0.2, 0.25) is 5.91 Å². The number of hydrogen-bond donors (Lipinski definition) is 2. The van der Waals surface area contributed by atoms with Crippen molar-refractivity contribution in [3.05, 3.63) is 0 Å². The lowest BCUT2D eigenvalue weighted by Gasteiger charge is -2.36. The summed E-state index contributed by atoms with van der Waals surface area (Å²) in [7, 11) is 1.77. The van der Waals surface area contributed by atoms with E-state index in [1.54, 1.807) is 7.11 Å². The van der Waals surface area contributed by atoms with Gasteiger partial charge in [0, 0.05) is 64.8 Å². The Morgan fingerprint density at radius 1 is 1.21 bits per heavy atom. The summed E-state index contributed by atoms with van der Waals surface area (Å²) in [6.07, 6.45) is 5.53. The number of carbonyl (C=O) groups is 1. The maximum Gasteiger partial charge on any atom is 0.225 e. The molecule has 0 radical (unpaired) electrons. The molecule has 7 nitrogen and oxygen atoms in total. The van der Waals surface area contributed by atoms with Gasteiger partial charge in [0.1, 0.15) is 0 Å². The van der Waals surface area contributed by atoms with Gasteiger partial charge in [0.05, 0.1) is 12.1 Å². The molecule has 0 aliphatic carbocycles. The van der Waals surface area contributed by atoms with Gasteiger partial charge in [-0.25, -0.2) is 0 Å². The van der Waals surface area contributed by atoms with E-state index in [1.807, 2.05) is 4.90 Å². The van der Waals surface area contributed by atoms with Crippen molar-refractivity contribution in [1.29, 1.82) is 0 Å². The summed E-state index contributed by atoms with van der Waals surface area (Å²) in [5.74, 6) is 1.34. The van der Waals surface area contributed by atoms with Crippen LogP contribution in [0.4, 0.5) is 0 Å². The van der Waals surface area contributed by atoms with E-state index in [4.69, 9.17) is 14.5 Å². The van der Waals surface area contributed by atoms with Gasteiger partial charge in [-0.2, -0.15) is 0 Å². The molecule has 0 unspecified atom stereocenters. The second-order valence-corrected chi connectivity index (χ2v) is 7.95. The van der Waals surface area contributed by atoms with Crippen LogP contribution in [0.1, 0.15) is 59.3 Å². The van der Waals surface area contributed by atoms with Crippen LogP contribution in [0.5, 0.6) is 0 Å². The fourth-order valence-corrected chi connectivity index (χ4v) is 4.05. The molecule has 162 valence electrons. The monoisotopic (exact) mass is 396 g/mol. The van der Waals surface area contributed by atoms with Gasteiger partial charge in [-0.15, -0.1) is 0 Å². The van der Waals surface area contributed by atoms with Crippen LogP contribution in [0.25, 0.3) is 0 Å². The third kappa shape index (κ3) is 6.34. The van der Waals surface area contributed by atoms with Gasteiger partial charge in [-0.1, -0.05) is 13.8 Å². The Bertz CT molecular complexity index is 494. The lowest BCUT2D eigenvalue weighted by molar-refractivity contribution is -0.136. The van der Waals surface area contributed by atoms with Crippen molar-refractivity contribution in [2.45, 2.75) is 70.9 Å². The first-order valence-electron chi connectivity index (χ1n) is 11.0. The molecule has 0 aromatic carbocycles. The number of hydrogen-bond acceptors (Lipinski definition) is 4. The molecule has 0 spiro atoms. The van der Waals surface area contributed by atoms with Crippen molar-refractivity contribution in [2.24, 2.45) is 10.9 Å². The maximum absolute atomic E-state index is 12.6. The van der Waals surface area contributed by atoms with Gasteiger partial charge < -0.3 is 25.0 Å². The predicted molar refractivity (Wildman–Crippen MR) is 113 cm³/mol. The minimum absolute atomic E-state index is 0.174. The van der Waals surface area contributed by atoms with Crippen LogP contribution in [-0.4, -0.2) is 74.9 Å². The minimum Gasteiger partial charge on any atom is -0.381 e. The number of rotatable bonds is 8. The molecule has 2 fully saturated rings. The lowest BCUT2D eigenvalue weighted by Crippen LogP contribution is -2.51. The number of likely N-dealkylation sites (tertiary alicyclic amines) is 1. The van der Waals surface area contributed by atoms with E-state index in [0.717, 1.165) is 77.3 Å². The molecule has 2 rings (SSSR count). The van der Waals surface area contributed by atoms with E-state index >= 15 is 0 Å². The summed E-state index contributed by atoms with van der Waals surface area (Å²) >= 11 is 0. The highest BCUT2D eigenvalue weighted by atomic mass is 16.5. The van der Waals surface area contributed by atoms with Gasteiger partial charge in [-0.3, -0.25) is 9.79 Å². The van der Waals surface area contributed by atoms with Gasteiger partial charge >= 0.3 is 0 Å². The average molecular weight is 397 g/mol. The first-order valence-corrected chi connectivity index (χ1v) is 11.0. The number of carbonyl (C=O) groups excluding carboxylic acids is 1. The van der Waals surface area contributed by atoms with Crippen LogP contribution in [0.15, 0.2) is 4.99 Å². The summed E-state index contributed by atoms with van der Waals surface area (Å²) in [6, 6.07) is 0.344. The number of methoxy groups -OCH3 is 1. The predicted octanol–water partition coefficient (Wildman–Crippen LogP) is 2.16. The second kappa shape index (κ2) is 11.6. The summed E-state index contributed by atoms with van der Waals surface area (Å²) in [6.45, 7) is 10.9. The van der Waals surface area contributed by atoms with Gasteiger partial charge in [-0.05, 0) is 32.6 Å². The van der Waals surface area contributed by atoms with Crippen molar-refractivity contribution < 1.29 is 14.3 Å². The van der Waals surface area contributed by atoms with Crippen molar-refractivity contribution in [3.8, 4) is 0 Å². The molecule has 0 bridgehead atoms. The molecule has 2 heterocycles. The molecular formula is C21H40N4O3. The minimum atomic E-state index is -0.217. The van der Waals surface area contributed by atoms with E-state index < -0.39 is 0 Å². The highest BCUT2D eigenvalue weighted by molar-refractivity contribution is 5.80. The number of guanidine groups is 1.